The molecular weight excluding hydrogens is 212 g/mol. The van der Waals surface area contributed by atoms with Crippen molar-refractivity contribution in [2.24, 2.45) is 10.8 Å². The fourth-order valence-corrected chi connectivity index (χ4v) is 3.73. The molecule has 0 aliphatic heterocycles. The van der Waals surface area contributed by atoms with E-state index in [1.54, 1.807) is 0 Å². The molecule has 0 amide bonds. The Morgan fingerprint density at radius 2 is 2.00 bits per heavy atom. The van der Waals surface area contributed by atoms with E-state index in [4.69, 9.17) is 4.74 Å². The van der Waals surface area contributed by atoms with Crippen LogP contribution in [0.3, 0.4) is 0 Å². The summed E-state index contributed by atoms with van der Waals surface area (Å²) in [4.78, 5) is 11.1. The van der Waals surface area contributed by atoms with Crippen LogP contribution in [0.15, 0.2) is 11.6 Å². The molecular formula is C15H24O2. The Balaban J connectivity index is 2.27. The van der Waals surface area contributed by atoms with Crippen molar-refractivity contribution in [1.82, 2.24) is 0 Å². The fourth-order valence-electron chi connectivity index (χ4n) is 3.73. The van der Waals surface area contributed by atoms with E-state index in [9.17, 15) is 4.79 Å². The number of carbonyl (C=O) groups excluding carboxylic acids is 1. The van der Waals surface area contributed by atoms with Crippen LogP contribution in [0.25, 0.3) is 0 Å². The van der Waals surface area contributed by atoms with Crippen molar-refractivity contribution in [2.45, 2.75) is 65.9 Å². The maximum absolute atomic E-state index is 11.1. The topological polar surface area (TPSA) is 26.3 Å². The Morgan fingerprint density at radius 3 is 2.65 bits per heavy atom. The van der Waals surface area contributed by atoms with Crippen LogP contribution < -0.4 is 0 Å². The number of allylic oxidation sites excluding steroid dienone is 1. The predicted molar refractivity (Wildman–Crippen MR) is 68.6 cm³/mol. The zero-order valence-electron chi connectivity index (χ0n) is 11.5. The lowest BCUT2D eigenvalue weighted by Crippen LogP contribution is -2.39. The number of ether oxygens (including phenoxy) is 1. The van der Waals surface area contributed by atoms with E-state index in [2.05, 4.69) is 26.8 Å². The van der Waals surface area contributed by atoms with Crippen molar-refractivity contribution in [2.75, 3.05) is 0 Å². The van der Waals surface area contributed by atoms with Gasteiger partial charge in [-0.1, -0.05) is 32.8 Å². The number of esters is 1. The first kappa shape index (κ1) is 12.7. The summed E-state index contributed by atoms with van der Waals surface area (Å²) in [5.41, 5.74) is 2.14. The van der Waals surface area contributed by atoms with Crippen molar-refractivity contribution >= 4 is 5.97 Å². The third kappa shape index (κ3) is 2.41. The largest absolute Gasteiger partial charge is 0.458 e. The Hall–Kier alpha value is -0.790. The lowest BCUT2D eigenvalue weighted by molar-refractivity contribution is -0.145. The Kier molecular flexibility index (Phi) is 3.09. The van der Waals surface area contributed by atoms with Crippen LogP contribution in [0, 0.1) is 10.8 Å². The summed E-state index contributed by atoms with van der Waals surface area (Å²) in [5, 5.41) is 0. The molecule has 1 saturated carbocycles. The molecule has 0 bridgehead atoms. The van der Waals surface area contributed by atoms with Crippen LogP contribution in [0.1, 0.15) is 59.8 Å². The molecule has 0 saturated heterocycles. The SMILES string of the molecule is CC(=O)O[C@H]1C=C2C(C)(C)CCC[C@]2(C)CC1. The first-order chi connectivity index (χ1) is 7.83. The highest BCUT2D eigenvalue weighted by Crippen LogP contribution is 2.55. The highest BCUT2D eigenvalue weighted by atomic mass is 16.5. The van der Waals surface area contributed by atoms with Crippen molar-refractivity contribution in [3.63, 3.8) is 0 Å². The molecule has 0 heterocycles. The van der Waals surface area contributed by atoms with Crippen LogP contribution in [-0.4, -0.2) is 12.1 Å². The molecule has 0 aromatic heterocycles. The molecule has 0 aromatic carbocycles. The van der Waals surface area contributed by atoms with Crippen LogP contribution in [0.2, 0.25) is 0 Å². The van der Waals surface area contributed by atoms with Crippen LogP contribution >= 0.6 is 0 Å². The van der Waals surface area contributed by atoms with Gasteiger partial charge in [-0.15, -0.1) is 0 Å². The number of hydrogen-bond donors (Lipinski definition) is 0. The second kappa shape index (κ2) is 4.15. The minimum Gasteiger partial charge on any atom is -0.458 e. The molecule has 0 radical (unpaired) electrons. The summed E-state index contributed by atoms with van der Waals surface area (Å²) in [5.74, 6) is -0.163. The minimum atomic E-state index is -0.163. The third-order valence-corrected chi connectivity index (χ3v) is 4.56. The van der Waals surface area contributed by atoms with Crippen molar-refractivity contribution in [1.29, 1.82) is 0 Å². The summed E-state index contributed by atoms with van der Waals surface area (Å²) in [6, 6.07) is 0. The average Bonchev–Trinajstić information content (AvgIpc) is 2.18. The van der Waals surface area contributed by atoms with Gasteiger partial charge in [0, 0.05) is 6.92 Å². The molecule has 0 N–H and O–H groups in total. The van der Waals surface area contributed by atoms with Crippen LogP contribution in [0.5, 0.6) is 0 Å². The number of carbonyl (C=O) groups is 1. The van der Waals surface area contributed by atoms with Crippen molar-refractivity contribution in [3.8, 4) is 0 Å². The quantitative estimate of drug-likeness (QED) is 0.510. The first-order valence-corrected chi connectivity index (χ1v) is 6.73. The molecule has 0 unspecified atom stereocenters. The second-order valence-electron chi connectivity index (χ2n) is 6.56. The summed E-state index contributed by atoms with van der Waals surface area (Å²) >= 11 is 0. The van der Waals surface area contributed by atoms with Gasteiger partial charge in [0.2, 0.25) is 0 Å². The highest BCUT2D eigenvalue weighted by molar-refractivity contribution is 5.66. The zero-order valence-corrected chi connectivity index (χ0v) is 11.5. The predicted octanol–water partition coefficient (Wildman–Crippen LogP) is 3.85. The Morgan fingerprint density at radius 1 is 1.29 bits per heavy atom. The van der Waals surface area contributed by atoms with Crippen molar-refractivity contribution in [3.05, 3.63) is 11.6 Å². The summed E-state index contributed by atoms with van der Waals surface area (Å²) in [6.07, 6.45) is 8.24. The van der Waals surface area contributed by atoms with E-state index in [0.29, 0.717) is 5.41 Å². The maximum atomic E-state index is 11.1. The summed E-state index contributed by atoms with van der Waals surface area (Å²) in [7, 11) is 0. The zero-order chi connectivity index (χ0) is 12.7. The highest BCUT2D eigenvalue weighted by Gasteiger charge is 2.44. The molecule has 2 nitrogen and oxygen atoms in total. The standard InChI is InChI=1S/C15H24O2/c1-11(16)17-12-6-9-15(4)8-5-7-14(2,3)13(15)10-12/h10,12H,5-9H2,1-4H3/t12-,15-/m1/s1. The van der Waals surface area contributed by atoms with E-state index < -0.39 is 0 Å². The van der Waals surface area contributed by atoms with E-state index in [1.807, 2.05) is 0 Å². The van der Waals surface area contributed by atoms with Gasteiger partial charge in [0.25, 0.3) is 0 Å². The van der Waals surface area contributed by atoms with Gasteiger partial charge in [-0.3, -0.25) is 4.79 Å². The van der Waals surface area contributed by atoms with Crippen LogP contribution in [-0.2, 0) is 9.53 Å². The first-order valence-electron chi connectivity index (χ1n) is 6.73. The molecule has 0 aromatic rings. The molecule has 1 fully saturated rings. The van der Waals surface area contributed by atoms with Gasteiger partial charge in [-0.25, -0.2) is 0 Å². The molecule has 2 heteroatoms. The van der Waals surface area contributed by atoms with Crippen molar-refractivity contribution < 1.29 is 9.53 Å². The second-order valence-corrected chi connectivity index (χ2v) is 6.56. The van der Waals surface area contributed by atoms with E-state index in [0.717, 1.165) is 12.8 Å². The Bertz CT molecular complexity index is 354. The molecule has 17 heavy (non-hydrogen) atoms. The lowest BCUT2D eigenvalue weighted by Gasteiger charge is -2.49. The molecule has 2 rings (SSSR count). The third-order valence-electron chi connectivity index (χ3n) is 4.56. The fraction of sp³-hybridized carbons (Fsp3) is 0.800. The average molecular weight is 236 g/mol. The number of rotatable bonds is 1. The van der Waals surface area contributed by atoms with Gasteiger partial charge in [0.05, 0.1) is 0 Å². The summed E-state index contributed by atoms with van der Waals surface area (Å²) in [6.45, 7) is 8.53. The van der Waals surface area contributed by atoms with Gasteiger partial charge in [-0.2, -0.15) is 0 Å². The molecule has 2 aliphatic rings. The van der Waals surface area contributed by atoms with Gasteiger partial charge >= 0.3 is 5.97 Å². The normalized spacial score (nSPS) is 35.8. The molecule has 2 aliphatic carbocycles. The Labute approximate surface area is 104 Å². The number of hydrogen-bond acceptors (Lipinski definition) is 2. The summed E-state index contributed by atoms with van der Waals surface area (Å²) < 4.78 is 5.36. The van der Waals surface area contributed by atoms with E-state index >= 15 is 0 Å². The number of fused-ring (bicyclic) bond motifs is 1. The van der Waals surface area contributed by atoms with Gasteiger partial charge < -0.3 is 4.74 Å². The van der Waals surface area contributed by atoms with Gasteiger partial charge in [0.15, 0.2) is 0 Å². The molecule has 96 valence electrons. The van der Waals surface area contributed by atoms with Gasteiger partial charge in [0.1, 0.15) is 6.10 Å². The van der Waals surface area contributed by atoms with Crippen LogP contribution in [0.4, 0.5) is 0 Å². The molecule has 2 atom stereocenters. The van der Waals surface area contributed by atoms with E-state index in [-0.39, 0.29) is 17.5 Å². The minimum absolute atomic E-state index is 0.00736. The van der Waals surface area contributed by atoms with E-state index in [1.165, 1.54) is 31.8 Å². The monoisotopic (exact) mass is 236 g/mol. The molecule has 0 spiro atoms. The van der Waals surface area contributed by atoms with Gasteiger partial charge in [-0.05, 0) is 42.6 Å². The smallest absolute Gasteiger partial charge is 0.303 e. The lowest BCUT2D eigenvalue weighted by atomic mass is 9.57. The maximum Gasteiger partial charge on any atom is 0.303 e.